The average molecular weight is 215 g/mol. The topological polar surface area (TPSA) is 65.2 Å². The summed E-state index contributed by atoms with van der Waals surface area (Å²) in [6, 6.07) is 3.32. The van der Waals surface area contributed by atoms with E-state index in [2.05, 4.69) is 4.98 Å². The van der Waals surface area contributed by atoms with Crippen molar-refractivity contribution in [1.82, 2.24) is 4.98 Å². The molecule has 5 heteroatoms. The van der Waals surface area contributed by atoms with Crippen molar-refractivity contribution in [3.8, 4) is 5.75 Å². The highest BCUT2D eigenvalue weighted by Gasteiger charge is 2.15. The Morgan fingerprint density at radius 2 is 2.50 bits per heavy atom. The molecule has 0 aliphatic heterocycles. The molecule has 0 aromatic carbocycles. The summed E-state index contributed by atoms with van der Waals surface area (Å²) in [6.45, 7) is 1.81. The van der Waals surface area contributed by atoms with Gasteiger partial charge in [-0.15, -0.1) is 0 Å². The molecule has 76 valence electrons. The van der Waals surface area contributed by atoms with E-state index in [9.17, 15) is 4.79 Å². The van der Waals surface area contributed by atoms with Crippen LogP contribution in [-0.4, -0.2) is 17.0 Å². The highest BCUT2D eigenvalue weighted by Crippen LogP contribution is 2.22. The lowest BCUT2D eigenvalue weighted by atomic mass is 10.2. The largest absolute Gasteiger partial charge is 0.477 e. The quantitative estimate of drug-likeness (QED) is 0.770. The number of hydrogen-bond acceptors (Lipinski definition) is 3. The molecule has 0 aliphatic carbocycles. The van der Waals surface area contributed by atoms with Crippen LogP contribution in [0.4, 0.5) is 0 Å². The van der Waals surface area contributed by atoms with Crippen LogP contribution in [0.1, 0.15) is 13.3 Å². The Morgan fingerprint density at radius 1 is 1.79 bits per heavy atom. The maximum atomic E-state index is 10.9. The van der Waals surface area contributed by atoms with Gasteiger partial charge in [0.1, 0.15) is 0 Å². The number of primary amides is 1. The van der Waals surface area contributed by atoms with Crippen molar-refractivity contribution in [1.29, 1.82) is 0 Å². The fourth-order valence-corrected chi connectivity index (χ4v) is 1.12. The monoisotopic (exact) mass is 214 g/mol. The van der Waals surface area contributed by atoms with E-state index in [1.807, 2.05) is 0 Å². The van der Waals surface area contributed by atoms with Gasteiger partial charge >= 0.3 is 0 Å². The lowest BCUT2D eigenvalue weighted by Crippen LogP contribution is -2.33. The molecule has 0 aliphatic rings. The summed E-state index contributed by atoms with van der Waals surface area (Å²) in [5.41, 5.74) is 5.12. The lowest BCUT2D eigenvalue weighted by molar-refractivity contribution is -0.124. The second kappa shape index (κ2) is 4.81. The van der Waals surface area contributed by atoms with Gasteiger partial charge in [-0.3, -0.25) is 4.79 Å². The van der Waals surface area contributed by atoms with E-state index in [0.29, 0.717) is 12.2 Å². The number of carbonyl (C=O) groups is 1. The van der Waals surface area contributed by atoms with Gasteiger partial charge in [-0.1, -0.05) is 18.5 Å². The first kappa shape index (κ1) is 10.8. The number of ether oxygens (including phenoxy) is 1. The average Bonchev–Trinajstić information content (AvgIpc) is 2.16. The maximum Gasteiger partial charge on any atom is 0.258 e. The van der Waals surface area contributed by atoms with Gasteiger partial charge in [0.05, 0.1) is 0 Å². The zero-order valence-electron chi connectivity index (χ0n) is 7.74. The Kier molecular flexibility index (Phi) is 3.71. The number of amides is 1. The molecular formula is C9H11ClN2O2. The van der Waals surface area contributed by atoms with Crippen LogP contribution in [0, 0.1) is 0 Å². The van der Waals surface area contributed by atoms with Crippen molar-refractivity contribution in [3.05, 3.63) is 23.5 Å². The van der Waals surface area contributed by atoms with Gasteiger partial charge in [-0.25, -0.2) is 4.98 Å². The van der Waals surface area contributed by atoms with Crippen LogP contribution in [0.3, 0.4) is 0 Å². The smallest absolute Gasteiger partial charge is 0.258 e. The first-order valence-corrected chi connectivity index (χ1v) is 4.59. The van der Waals surface area contributed by atoms with Crippen LogP contribution in [0.5, 0.6) is 5.75 Å². The molecule has 0 saturated heterocycles. The molecule has 0 radical (unpaired) electrons. The molecule has 0 bridgehead atoms. The number of nitrogens with two attached hydrogens (primary N) is 1. The first-order chi connectivity index (χ1) is 6.65. The van der Waals surface area contributed by atoms with Crippen molar-refractivity contribution in [2.45, 2.75) is 19.4 Å². The van der Waals surface area contributed by atoms with Gasteiger partial charge in [-0.05, 0) is 18.6 Å². The molecule has 1 aromatic rings. The highest BCUT2D eigenvalue weighted by atomic mass is 35.5. The van der Waals surface area contributed by atoms with Crippen LogP contribution in [0.25, 0.3) is 0 Å². The van der Waals surface area contributed by atoms with E-state index in [1.165, 1.54) is 0 Å². The van der Waals surface area contributed by atoms with Crippen LogP contribution < -0.4 is 10.5 Å². The number of hydrogen-bond donors (Lipinski definition) is 1. The van der Waals surface area contributed by atoms with Crippen LogP contribution >= 0.6 is 11.6 Å². The molecular weight excluding hydrogens is 204 g/mol. The Balaban J connectivity index is 2.77. The van der Waals surface area contributed by atoms with E-state index in [4.69, 9.17) is 22.1 Å². The molecule has 1 heterocycles. The molecule has 14 heavy (non-hydrogen) atoms. The third-order valence-corrected chi connectivity index (χ3v) is 1.97. The minimum absolute atomic E-state index is 0.229. The van der Waals surface area contributed by atoms with Gasteiger partial charge in [-0.2, -0.15) is 0 Å². The van der Waals surface area contributed by atoms with Gasteiger partial charge in [0.2, 0.25) is 0 Å². The predicted molar refractivity (Wildman–Crippen MR) is 53.1 cm³/mol. The summed E-state index contributed by atoms with van der Waals surface area (Å²) in [5.74, 6) is -0.132. The van der Waals surface area contributed by atoms with E-state index in [1.54, 1.807) is 25.3 Å². The number of halogens is 1. The first-order valence-electron chi connectivity index (χ1n) is 4.21. The lowest BCUT2D eigenvalue weighted by Gasteiger charge is -2.14. The van der Waals surface area contributed by atoms with Gasteiger partial charge in [0.25, 0.3) is 5.91 Å². The molecule has 1 amide bonds. The molecule has 1 rings (SSSR count). The molecule has 1 atom stereocenters. The third-order valence-electron chi connectivity index (χ3n) is 1.68. The van der Waals surface area contributed by atoms with Crippen LogP contribution in [0.2, 0.25) is 5.15 Å². The Hall–Kier alpha value is -1.29. The number of carbonyl (C=O) groups excluding carboxylic acids is 1. The Bertz CT molecular complexity index is 330. The normalized spacial score (nSPS) is 12.1. The standard InChI is InChI=1S/C9H11ClN2O2/c1-2-6(9(11)13)14-7-4-3-5-12-8(7)10/h3-6H,2H2,1H3,(H2,11,13). The van der Waals surface area contributed by atoms with Crippen LogP contribution in [0.15, 0.2) is 18.3 Å². The van der Waals surface area contributed by atoms with E-state index in [0.717, 1.165) is 0 Å². The Labute approximate surface area is 87.0 Å². The van der Waals surface area contributed by atoms with Crippen molar-refractivity contribution in [3.63, 3.8) is 0 Å². The maximum absolute atomic E-state index is 10.9. The summed E-state index contributed by atoms with van der Waals surface area (Å²) in [6.07, 6.45) is 1.39. The molecule has 0 spiro atoms. The van der Waals surface area contributed by atoms with E-state index in [-0.39, 0.29) is 5.15 Å². The van der Waals surface area contributed by atoms with Crippen molar-refractivity contribution in [2.75, 3.05) is 0 Å². The highest BCUT2D eigenvalue weighted by molar-refractivity contribution is 6.30. The fourth-order valence-electron chi connectivity index (χ4n) is 0.955. The Morgan fingerprint density at radius 3 is 3.00 bits per heavy atom. The number of rotatable bonds is 4. The van der Waals surface area contributed by atoms with Crippen molar-refractivity contribution >= 4 is 17.5 Å². The number of pyridine rings is 1. The summed E-state index contributed by atoms with van der Waals surface area (Å²) in [4.78, 5) is 14.7. The summed E-state index contributed by atoms with van der Waals surface area (Å²) in [7, 11) is 0. The summed E-state index contributed by atoms with van der Waals surface area (Å²) < 4.78 is 5.29. The van der Waals surface area contributed by atoms with E-state index < -0.39 is 12.0 Å². The molecule has 4 nitrogen and oxygen atoms in total. The predicted octanol–water partition coefficient (Wildman–Crippen LogP) is 1.38. The second-order valence-electron chi connectivity index (χ2n) is 2.71. The summed E-state index contributed by atoms with van der Waals surface area (Å²) in [5, 5.41) is 0.229. The van der Waals surface area contributed by atoms with Gasteiger partial charge in [0.15, 0.2) is 17.0 Å². The van der Waals surface area contributed by atoms with Crippen LogP contribution in [-0.2, 0) is 4.79 Å². The minimum Gasteiger partial charge on any atom is -0.477 e. The number of aromatic nitrogens is 1. The summed E-state index contributed by atoms with van der Waals surface area (Å²) >= 11 is 5.74. The molecule has 1 aromatic heterocycles. The van der Waals surface area contributed by atoms with Gasteiger partial charge < -0.3 is 10.5 Å². The zero-order valence-corrected chi connectivity index (χ0v) is 8.49. The van der Waals surface area contributed by atoms with E-state index >= 15 is 0 Å². The minimum atomic E-state index is -0.656. The van der Waals surface area contributed by atoms with Crippen molar-refractivity contribution in [2.24, 2.45) is 5.73 Å². The molecule has 2 N–H and O–H groups in total. The SMILES string of the molecule is CCC(Oc1cccnc1Cl)C(N)=O. The fraction of sp³-hybridized carbons (Fsp3) is 0.333. The number of nitrogens with zero attached hydrogens (tertiary/aromatic N) is 1. The zero-order chi connectivity index (χ0) is 10.6. The van der Waals surface area contributed by atoms with Crippen molar-refractivity contribution < 1.29 is 9.53 Å². The third kappa shape index (κ3) is 2.60. The second-order valence-corrected chi connectivity index (χ2v) is 3.07. The molecule has 1 unspecified atom stereocenters. The molecule has 0 saturated carbocycles. The molecule has 0 fully saturated rings. The van der Waals surface area contributed by atoms with Gasteiger partial charge in [0, 0.05) is 6.20 Å².